The Morgan fingerprint density at radius 2 is 1.36 bits per heavy atom. The van der Waals surface area contributed by atoms with E-state index in [0.717, 1.165) is 42.9 Å². The third kappa shape index (κ3) is 8.68. The highest BCUT2D eigenvalue weighted by Gasteiger charge is 2.58. The Hall–Kier alpha value is -0.790. The molecular formula is C40H70O2. The smallest absolute Gasteiger partial charge is 0.306 e. The lowest BCUT2D eigenvalue weighted by Crippen LogP contribution is -2.50. The second-order valence-electron chi connectivity index (χ2n) is 15.9. The summed E-state index contributed by atoms with van der Waals surface area (Å²) in [5, 5.41) is 0. The molecule has 0 aliphatic heterocycles. The standard InChI is InChI=1S/C40H70O2/c1-5-7-9-11-13-14-15-16-18-20-22-38(41)42-34-27-29-40(4)33(31-34)23-25-35-36-26-24-32(21-19-17-12-10-8-6-2)39(36,3)30-28-37(35)40/h23,32,34-37H,5-22,24-31H2,1-4H3/t32-,34-,35-,36+,37-,39+,40-/m0/s1. The third-order valence-electron chi connectivity index (χ3n) is 13.2. The summed E-state index contributed by atoms with van der Waals surface area (Å²) in [6.45, 7) is 9.91. The Bertz CT molecular complexity index is 829. The van der Waals surface area contributed by atoms with E-state index in [1.54, 1.807) is 5.57 Å². The minimum Gasteiger partial charge on any atom is -0.462 e. The van der Waals surface area contributed by atoms with Crippen LogP contribution in [0.25, 0.3) is 0 Å². The lowest BCUT2D eigenvalue weighted by molar-refractivity contribution is -0.151. The van der Waals surface area contributed by atoms with Gasteiger partial charge >= 0.3 is 5.97 Å². The van der Waals surface area contributed by atoms with Gasteiger partial charge < -0.3 is 4.74 Å². The molecule has 0 aromatic rings. The first kappa shape index (κ1) is 34.1. The van der Waals surface area contributed by atoms with Gasteiger partial charge in [0.2, 0.25) is 0 Å². The van der Waals surface area contributed by atoms with E-state index in [0.29, 0.717) is 17.3 Å². The molecular weight excluding hydrogens is 512 g/mol. The van der Waals surface area contributed by atoms with Gasteiger partial charge in [-0.2, -0.15) is 0 Å². The quantitative estimate of drug-likeness (QED) is 0.0860. The van der Waals surface area contributed by atoms with Crippen molar-refractivity contribution in [1.82, 2.24) is 0 Å². The van der Waals surface area contributed by atoms with Gasteiger partial charge in [-0.1, -0.05) is 136 Å². The Balaban J connectivity index is 1.18. The predicted molar refractivity (Wildman–Crippen MR) is 180 cm³/mol. The maximum Gasteiger partial charge on any atom is 0.306 e. The molecule has 0 radical (unpaired) electrons. The average molecular weight is 583 g/mol. The summed E-state index contributed by atoms with van der Waals surface area (Å²) in [5.74, 6) is 3.72. The number of hydrogen-bond acceptors (Lipinski definition) is 2. The molecule has 42 heavy (non-hydrogen) atoms. The predicted octanol–water partition coefficient (Wildman–Crippen LogP) is 12.5. The van der Waals surface area contributed by atoms with Crippen molar-refractivity contribution in [2.75, 3.05) is 0 Å². The normalized spacial score (nSPS) is 33.9. The van der Waals surface area contributed by atoms with Gasteiger partial charge in [-0.3, -0.25) is 4.79 Å². The lowest BCUT2D eigenvalue weighted by Gasteiger charge is -2.58. The van der Waals surface area contributed by atoms with E-state index in [1.807, 2.05) is 0 Å². The zero-order valence-corrected chi connectivity index (χ0v) is 28.7. The number of carbonyl (C=O) groups excluding carboxylic acids is 1. The van der Waals surface area contributed by atoms with E-state index in [1.165, 1.54) is 141 Å². The molecule has 0 saturated heterocycles. The summed E-state index contributed by atoms with van der Waals surface area (Å²) in [4.78, 5) is 12.7. The molecule has 3 saturated carbocycles. The number of unbranched alkanes of at least 4 members (excludes halogenated alkanes) is 14. The molecule has 3 fully saturated rings. The number of carbonyl (C=O) groups is 1. The molecule has 242 valence electrons. The Morgan fingerprint density at radius 1 is 0.738 bits per heavy atom. The van der Waals surface area contributed by atoms with E-state index in [-0.39, 0.29) is 12.1 Å². The molecule has 4 aliphatic carbocycles. The Morgan fingerprint density at radius 3 is 2.02 bits per heavy atom. The zero-order chi connectivity index (χ0) is 29.8. The van der Waals surface area contributed by atoms with Gasteiger partial charge in [0.05, 0.1) is 0 Å². The van der Waals surface area contributed by atoms with Crippen LogP contribution >= 0.6 is 0 Å². The van der Waals surface area contributed by atoms with E-state index >= 15 is 0 Å². The summed E-state index contributed by atoms with van der Waals surface area (Å²) in [6.07, 6.45) is 37.0. The van der Waals surface area contributed by atoms with Crippen molar-refractivity contribution in [3.05, 3.63) is 11.6 Å². The van der Waals surface area contributed by atoms with Gasteiger partial charge in [0, 0.05) is 12.8 Å². The van der Waals surface area contributed by atoms with Crippen LogP contribution in [0.3, 0.4) is 0 Å². The summed E-state index contributed by atoms with van der Waals surface area (Å²) < 4.78 is 6.09. The van der Waals surface area contributed by atoms with Crippen LogP contribution in [0.4, 0.5) is 0 Å². The second-order valence-corrected chi connectivity index (χ2v) is 15.9. The number of hydrogen-bond donors (Lipinski definition) is 0. The van der Waals surface area contributed by atoms with Gasteiger partial charge in [-0.05, 0) is 92.3 Å². The minimum atomic E-state index is 0.0632. The first-order valence-corrected chi connectivity index (χ1v) is 19.3. The van der Waals surface area contributed by atoms with Crippen LogP contribution < -0.4 is 0 Å². The van der Waals surface area contributed by atoms with E-state index in [9.17, 15) is 4.79 Å². The molecule has 0 heterocycles. The fourth-order valence-corrected chi connectivity index (χ4v) is 10.5. The summed E-state index contributed by atoms with van der Waals surface area (Å²) in [7, 11) is 0. The van der Waals surface area contributed by atoms with Gasteiger partial charge in [0.15, 0.2) is 0 Å². The maximum absolute atomic E-state index is 12.7. The highest BCUT2D eigenvalue weighted by atomic mass is 16.5. The topological polar surface area (TPSA) is 26.3 Å². The van der Waals surface area contributed by atoms with Crippen molar-refractivity contribution in [2.24, 2.45) is 34.5 Å². The van der Waals surface area contributed by atoms with Crippen molar-refractivity contribution in [3.63, 3.8) is 0 Å². The average Bonchev–Trinajstić information content (AvgIpc) is 3.32. The molecule has 0 spiro atoms. The largest absolute Gasteiger partial charge is 0.462 e. The summed E-state index contributed by atoms with van der Waals surface area (Å²) in [5.41, 5.74) is 2.59. The van der Waals surface area contributed by atoms with Crippen LogP contribution in [0, 0.1) is 34.5 Å². The molecule has 4 rings (SSSR count). The summed E-state index contributed by atoms with van der Waals surface area (Å²) in [6, 6.07) is 0. The molecule has 0 amide bonds. The van der Waals surface area contributed by atoms with Crippen LogP contribution in [0.1, 0.15) is 195 Å². The van der Waals surface area contributed by atoms with Crippen LogP contribution in [0.15, 0.2) is 11.6 Å². The number of allylic oxidation sites excluding steroid dienone is 1. The lowest BCUT2D eigenvalue weighted by atomic mass is 9.47. The Labute approximate surface area is 262 Å². The molecule has 4 aliphatic rings. The Kier molecular flexibility index (Phi) is 13.8. The molecule has 0 aromatic carbocycles. The number of esters is 1. The first-order chi connectivity index (χ1) is 20.4. The molecule has 2 nitrogen and oxygen atoms in total. The van der Waals surface area contributed by atoms with Gasteiger partial charge in [-0.25, -0.2) is 0 Å². The highest BCUT2D eigenvalue weighted by Crippen LogP contribution is 2.66. The fourth-order valence-electron chi connectivity index (χ4n) is 10.5. The molecule has 0 bridgehead atoms. The maximum atomic E-state index is 12.7. The van der Waals surface area contributed by atoms with Crippen molar-refractivity contribution in [1.29, 1.82) is 0 Å². The van der Waals surface area contributed by atoms with Crippen LogP contribution in [-0.2, 0) is 9.53 Å². The van der Waals surface area contributed by atoms with Gasteiger partial charge in [0.25, 0.3) is 0 Å². The van der Waals surface area contributed by atoms with Gasteiger partial charge in [0.1, 0.15) is 6.10 Å². The van der Waals surface area contributed by atoms with E-state index < -0.39 is 0 Å². The van der Waals surface area contributed by atoms with Crippen LogP contribution in [-0.4, -0.2) is 12.1 Å². The van der Waals surface area contributed by atoms with Crippen molar-refractivity contribution in [2.45, 2.75) is 201 Å². The number of rotatable bonds is 19. The molecule has 0 unspecified atom stereocenters. The minimum absolute atomic E-state index is 0.0632. The van der Waals surface area contributed by atoms with Crippen LogP contribution in [0.5, 0.6) is 0 Å². The molecule has 0 aromatic heterocycles. The molecule has 0 N–H and O–H groups in total. The van der Waals surface area contributed by atoms with Crippen molar-refractivity contribution in [3.8, 4) is 0 Å². The van der Waals surface area contributed by atoms with Crippen molar-refractivity contribution < 1.29 is 9.53 Å². The fraction of sp³-hybridized carbons (Fsp3) is 0.925. The SMILES string of the molecule is CCCCCCCCCCCCC(=O)O[C@H]1CC[C@@]2(C)C(=CC[C@H]3[C@H]4CC[C@H](CCCCCCCC)[C@@]4(C)CC[C@@H]32)C1. The first-order valence-electron chi connectivity index (χ1n) is 19.3. The van der Waals surface area contributed by atoms with Gasteiger partial charge in [-0.15, -0.1) is 0 Å². The summed E-state index contributed by atoms with van der Waals surface area (Å²) >= 11 is 0. The number of ether oxygens (including phenoxy) is 1. The van der Waals surface area contributed by atoms with Crippen LogP contribution in [0.2, 0.25) is 0 Å². The molecule has 2 heteroatoms. The van der Waals surface area contributed by atoms with Crippen molar-refractivity contribution >= 4 is 5.97 Å². The third-order valence-corrected chi connectivity index (χ3v) is 13.2. The molecule has 7 atom stereocenters. The monoisotopic (exact) mass is 583 g/mol. The second kappa shape index (κ2) is 17.1. The number of fused-ring (bicyclic) bond motifs is 5. The van der Waals surface area contributed by atoms with E-state index in [2.05, 4.69) is 33.8 Å². The highest BCUT2D eigenvalue weighted by molar-refractivity contribution is 5.69. The zero-order valence-electron chi connectivity index (χ0n) is 28.7. The van der Waals surface area contributed by atoms with E-state index in [4.69, 9.17) is 4.74 Å².